The Labute approximate surface area is 151 Å². The molecule has 1 unspecified atom stereocenters. The summed E-state index contributed by atoms with van der Waals surface area (Å²) in [6.45, 7) is 0.862. The van der Waals surface area contributed by atoms with Gasteiger partial charge in [-0.25, -0.2) is 0 Å². The van der Waals surface area contributed by atoms with Crippen LogP contribution in [0.5, 0.6) is 0 Å². The number of carbonyl (C=O) groups excluding carboxylic acids is 1. The van der Waals surface area contributed by atoms with Crippen LogP contribution in [0.4, 0.5) is 0 Å². The number of fused-ring (bicyclic) bond motifs is 3. The molecule has 2 aliphatic rings. The summed E-state index contributed by atoms with van der Waals surface area (Å²) in [4.78, 5) is 15.6. The van der Waals surface area contributed by atoms with E-state index in [0.29, 0.717) is 11.8 Å². The van der Waals surface area contributed by atoms with Crippen molar-refractivity contribution in [2.24, 2.45) is 5.92 Å². The van der Waals surface area contributed by atoms with Crippen molar-refractivity contribution in [1.82, 2.24) is 9.47 Å². The van der Waals surface area contributed by atoms with Crippen molar-refractivity contribution in [2.45, 2.75) is 57.4 Å². The van der Waals surface area contributed by atoms with Gasteiger partial charge in [0.2, 0.25) is 0 Å². The second-order valence-electron chi connectivity index (χ2n) is 8.22. The average molecular weight is 338 g/mol. The topological polar surface area (TPSA) is 25.2 Å². The fourth-order valence-corrected chi connectivity index (χ4v) is 5.06. The standard InChI is InChI=1S/C22H30N2O/c1-23(2)15-16-9-8-14-20-21(22(16)25)18-12-6-7-13-19(18)24(20)17-10-4-3-5-11-17/h6-7,12-13,16-17H,3-5,8-11,14-15H2,1-2H3. The molecule has 3 heteroatoms. The molecule has 134 valence electrons. The summed E-state index contributed by atoms with van der Waals surface area (Å²) in [5.74, 6) is 0.522. The van der Waals surface area contributed by atoms with Gasteiger partial charge in [-0.05, 0) is 52.3 Å². The zero-order chi connectivity index (χ0) is 17.4. The van der Waals surface area contributed by atoms with Gasteiger partial charge in [0.05, 0.1) is 0 Å². The second kappa shape index (κ2) is 6.95. The van der Waals surface area contributed by atoms with Crippen LogP contribution in [0.3, 0.4) is 0 Å². The van der Waals surface area contributed by atoms with Crippen LogP contribution in [0.25, 0.3) is 10.9 Å². The van der Waals surface area contributed by atoms with Gasteiger partial charge in [0.1, 0.15) is 0 Å². The summed E-state index contributed by atoms with van der Waals surface area (Å²) in [6.07, 6.45) is 9.73. The molecule has 1 fully saturated rings. The Morgan fingerprint density at radius 2 is 1.80 bits per heavy atom. The molecule has 3 nitrogen and oxygen atoms in total. The highest BCUT2D eigenvalue weighted by Crippen LogP contribution is 2.39. The van der Waals surface area contributed by atoms with Crippen LogP contribution in [0.2, 0.25) is 0 Å². The fraction of sp³-hybridized carbons (Fsp3) is 0.591. The number of benzene rings is 1. The minimum atomic E-state index is 0.141. The predicted octanol–water partition coefficient (Wildman–Crippen LogP) is 4.84. The van der Waals surface area contributed by atoms with Crippen LogP contribution in [-0.2, 0) is 6.42 Å². The molecule has 0 aliphatic heterocycles. The Balaban J connectivity index is 1.85. The molecule has 0 amide bonds. The van der Waals surface area contributed by atoms with Crippen LogP contribution >= 0.6 is 0 Å². The maximum atomic E-state index is 13.4. The molecule has 1 aromatic carbocycles. The molecule has 25 heavy (non-hydrogen) atoms. The first-order valence-corrected chi connectivity index (χ1v) is 9.97. The Hall–Kier alpha value is -1.61. The molecule has 0 saturated heterocycles. The van der Waals surface area contributed by atoms with Crippen molar-refractivity contribution in [3.63, 3.8) is 0 Å². The van der Waals surface area contributed by atoms with Gasteiger partial charge >= 0.3 is 0 Å². The van der Waals surface area contributed by atoms with Crippen LogP contribution in [-0.4, -0.2) is 35.9 Å². The van der Waals surface area contributed by atoms with Crippen molar-refractivity contribution in [3.05, 3.63) is 35.5 Å². The number of rotatable bonds is 3. The molecule has 0 spiro atoms. The lowest BCUT2D eigenvalue weighted by atomic mass is 9.94. The van der Waals surface area contributed by atoms with E-state index in [1.165, 1.54) is 48.7 Å². The van der Waals surface area contributed by atoms with Crippen molar-refractivity contribution < 1.29 is 4.79 Å². The summed E-state index contributed by atoms with van der Waals surface area (Å²) in [5, 5.41) is 1.19. The van der Waals surface area contributed by atoms with Crippen LogP contribution in [0.15, 0.2) is 24.3 Å². The minimum absolute atomic E-state index is 0.141. The molecule has 2 aromatic rings. The molecule has 0 N–H and O–H groups in total. The SMILES string of the molecule is CN(C)CC1CCCc2c(c3ccccc3n2C2CCCCC2)C1=O. The van der Waals surface area contributed by atoms with E-state index in [1.54, 1.807) is 0 Å². The molecule has 4 rings (SSSR count). The third kappa shape index (κ3) is 3.03. The normalized spacial score (nSPS) is 22.4. The monoisotopic (exact) mass is 338 g/mol. The summed E-state index contributed by atoms with van der Waals surface area (Å²) in [5.41, 5.74) is 3.67. The van der Waals surface area contributed by atoms with Gasteiger partial charge in [-0.15, -0.1) is 0 Å². The van der Waals surface area contributed by atoms with E-state index in [-0.39, 0.29) is 5.92 Å². The van der Waals surface area contributed by atoms with Crippen molar-refractivity contribution in [2.75, 3.05) is 20.6 Å². The highest BCUT2D eigenvalue weighted by molar-refractivity contribution is 6.11. The van der Waals surface area contributed by atoms with Crippen LogP contribution in [0.1, 0.15) is 67.0 Å². The lowest BCUT2D eigenvalue weighted by molar-refractivity contribution is 0.0894. The molecule has 1 saturated carbocycles. The number of Topliss-reactive ketones (excluding diaryl/α,β-unsaturated/α-hetero) is 1. The van der Waals surface area contributed by atoms with Crippen molar-refractivity contribution in [1.29, 1.82) is 0 Å². The Morgan fingerprint density at radius 3 is 2.56 bits per heavy atom. The molecule has 2 aliphatic carbocycles. The van der Waals surface area contributed by atoms with Crippen LogP contribution < -0.4 is 0 Å². The van der Waals surface area contributed by atoms with Gasteiger partial charge in [-0.2, -0.15) is 0 Å². The zero-order valence-corrected chi connectivity index (χ0v) is 15.6. The van der Waals surface area contributed by atoms with Crippen molar-refractivity contribution in [3.8, 4) is 0 Å². The van der Waals surface area contributed by atoms with Gasteiger partial charge in [-0.1, -0.05) is 37.5 Å². The Kier molecular flexibility index (Phi) is 4.68. The van der Waals surface area contributed by atoms with Gasteiger partial charge in [-0.3, -0.25) is 4.79 Å². The smallest absolute Gasteiger partial charge is 0.169 e. The van der Waals surface area contributed by atoms with Crippen LogP contribution in [0, 0.1) is 5.92 Å². The number of ketones is 1. The van der Waals surface area contributed by atoms with Gasteiger partial charge in [0, 0.05) is 40.7 Å². The number of hydrogen-bond donors (Lipinski definition) is 0. The van der Waals surface area contributed by atoms with E-state index in [1.807, 2.05) is 0 Å². The second-order valence-corrected chi connectivity index (χ2v) is 8.22. The third-order valence-electron chi connectivity index (χ3n) is 6.12. The summed E-state index contributed by atoms with van der Waals surface area (Å²) in [6, 6.07) is 9.20. The maximum absolute atomic E-state index is 13.4. The number of para-hydroxylation sites is 1. The molecule has 0 radical (unpaired) electrons. The van der Waals surface area contributed by atoms with E-state index in [9.17, 15) is 4.79 Å². The van der Waals surface area contributed by atoms with Gasteiger partial charge in [0.15, 0.2) is 5.78 Å². The molecule has 0 bridgehead atoms. The minimum Gasteiger partial charge on any atom is -0.341 e. The van der Waals surface area contributed by atoms with E-state index in [0.717, 1.165) is 31.4 Å². The Morgan fingerprint density at radius 1 is 1.04 bits per heavy atom. The first-order valence-electron chi connectivity index (χ1n) is 9.97. The first kappa shape index (κ1) is 16.8. The fourth-order valence-electron chi connectivity index (χ4n) is 5.06. The summed E-state index contributed by atoms with van der Waals surface area (Å²) >= 11 is 0. The average Bonchev–Trinajstić information content (AvgIpc) is 2.86. The lowest BCUT2D eigenvalue weighted by Gasteiger charge is -2.26. The number of nitrogens with zero attached hydrogens (tertiary/aromatic N) is 2. The third-order valence-corrected chi connectivity index (χ3v) is 6.12. The maximum Gasteiger partial charge on any atom is 0.169 e. The first-order chi connectivity index (χ1) is 12.2. The highest BCUT2D eigenvalue weighted by Gasteiger charge is 2.32. The number of aromatic nitrogens is 1. The van der Waals surface area contributed by atoms with E-state index in [2.05, 4.69) is 47.8 Å². The molecule has 1 atom stereocenters. The van der Waals surface area contributed by atoms with Crippen molar-refractivity contribution >= 4 is 16.7 Å². The van der Waals surface area contributed by atoms with E-state index < -0.39 is 0 Å². The quantitative estimate of drug-likeness (QED) is 0.748. The lowest BCUT2D eigenvalue weighted by Crippen LogP contribution is -2.27. The molecular formula is C22H30N2O. The molecule has 1 aromatic heterocycles. The zero-order valence-electron chi connectivity index (χ0n) is 15.6. The summed E-state index contributed by atoms with van der Waals surface area (Å²) < 4.78 is 2.57. The number of carbonyl (C=O) groups is 1. The molecule has 1 heterocycles. The highest BCUT2D eigenvalue weighted by atomic mass is 16.1. The number of hydrogen-bond acceptors (Lipinski definition) is 2. The van der Waals surface area contributed by atoms with E-state index >= 15 is 0 Å². The predicted molar refractivity (Wildman–Crippen MR) is 103 cm³/mol. The Bertz CT molecular complexity index is 768. The van der Waals surface area contributed by atoms with Gasteiger partial charge in [0.25, 0.3) is 0 Å². The van der Waals surface area contributed by atoms with Gasteiger partial charge < -0.3 is 9.47 Å². The molecular weight excluding hydrogens is 308 g/mol. The van der Waals surface area contributed by atoms with E-state index in [4.69, 9.17) is 0 Å². The largest absolute Gasteiger partial charge is 0.341 e. The summed E-state index contributed by atoms with van der Waals surface area (Å²) in [7, 11) is 4.15.